The minimum absolute atomic E-state index is 0.205. The van der Waals surface area contributed by atoms with Gasteiger partial charge in [0.2, 0.25) is 0 Å². The topological polar surface area (TPSA) is 26.3 Å². The van der Waals surface area contributed by atoms with E-state index in [0.29, 0.717) is 6.61 Å². The standard InChI is InChI=1S/C14H22O2/c1-13(2)11-9-7-5-4-6-8-10-12-16-14(3)15/h4-7H,1,8-12H2,2-3H3. The van der Waals surface area contributed by atoms with Gasteiger partial charge in [-0.1, -0.05) is 29.9 Å². The molecule has 0 aromatic carbocycles. The number of hydrogen-bond donors (Lipinski definition) is 0. The van der Waals surface area contributed by atoms with E-state index in [2.05, 4.69) is 24.8 Å². The van der Waals surface area contributed by atoms with Crippen LogP contribution in [0, 0.1) is 0 Å². The van der Waals surface area contributed by atoms with E-state index in [1.807, 2.05) is 13.0 Å². The lowest BCUT2D eigenvalue weighted by Gasteiger charge is -1.97. The van der Waals surface area contributed by atoms with Crippen LogP contribution in [0.25, 0.3) is 0 Å². The Kier molecular flexibility index (Phi) is 9.38. The van der Waals surface area contributed by atoms with Gasteiger partial charge < -0.3 is 4.74 Å². The summed E-state index contributed by atoms with van der Waals surface area (Å²) in [6, 6.07) is 0. The van der Waals surface area contributed by atoms with Gasteiger partial charge >= 0.3 is 5.97 Å². The Morgan fingerprint density at radius 2 is 1.81 bits per heavy atom. The molecule has 0 unspecified atom stereocenters. The largest absolute Gasteiger partial charge is 0.466 e. The van der Waals surface area contributed by atoms with Crippen molar-refractivity contribution in [3.05, 3.63) is 36.5 Å². The summed E-state index contributed by atoms with van der Waals surface area (Å²) in [6.45, 7) is 7.83. The van der Waals surface area contributed by atoms with E-state index in [4.69, 9.17) is 4.74 Å². The van der Waals surface area contributed by atoms with Crippen LogP contribution in [0.3, 0.4) is 0 Å². The summed E-state index contributed by atoms with van der Waals surface area (Å²) in [7, 11) is 0. The highest BCUT2D eigenvalue weighted by Gasteiger charge is 1.89. The van der Waals surface area contributed by atoms with Crippen LogP contribution in [-0.4, -0.2) is 12.6 Å². The molecule has 0 aliphatic rings. The third-order valence-corrected chi connectivity index (χ3v) is 1.94. The van der Waals surface area contributed by atoms with Crippen LogP contribution in [0.1, 0.15) is 39.5 Å². The summed E-state index contributed by atoms with van der Waals surface area (Å²) >= 11 is 0. The first kappa shape index (κ1) is 14.7. The second kappa shape index (κ2) is 10.2. The molecule has 0 aliphatic heterocycles. The Balaban J connectivity index is 3.33. The molecule has 0 aliphatic carbocycles. The summed E-state index contributed by atoms with van der Waals surface area (Å²) in [4.78, 5) is 10.4. The Labute approximate surface area is 98.7 Å². The smallest absolute Gasteiger partial charge is 0.302 e. The lowest BCUT2D eigenvalue weighted by Crippen LogP contribution is -1.99. The molecular weight excluding hydrogens is 200 g/mol. The minimum Gasteiger partial charge on any atom is -0.466 e. The van der Waals surface area contributed by atoms with E-state index >= 15 is 0 Å². The highest BCUT2D eigenvalue weighted by atomic mass is 16.5. The number of carbonyl (C=O) groups excluding carboxylic acids is 1. The fourth-order valence-electron chi connectivity index (χ4n) is 1.10. The van der Waals surface area contributed by atoms with Crippen LogP contribution in [0.2, 0.25) is 0 Å². The van der Waals surface area contributed by atoms with Crippen molar-refractivity contribution in [2.75, 3.05) is 6.61 Å². The minimum atomic E-state index is -0.205. The quantitative estimate of drug-likeness (QED) is 0.270. The van der Waals surface area contributed by atoms with E-state index in [9.17, 15) is 4.79 Å². The van der Waals surface area contributed by atoms with Gasteiger partial charge in [-0.2, -0.15) is 0 Å². The Hall–Kier alpha value is -1.31. The molecule has 0 aromatic rings. The van der Waals surface area contributed by atoms with Crippen molar-refractivity contribution in [3.8, 4) is 0 Å². The van der Waals surface area contributed by atoms with E-state index in [1.54, 1.807) is 0 Å². The van der Waals surface area contributed by atoms with Gasteiger partial charge in [-0.15, -0.1) is 6.58 Å². The van der Waals surface area contributed by atoms with Crippen molar-refractivity contribution in [2.24, 2.45) is 0 Å². The van der Waals surface area contributed by atoms with Crippen molar-refractivity contribution in [2.45, 2.75) is 39.5 Å². The zero-order valence-electron chi connectivity index (χ0n) is 10.4. The van der Waals surface area contributed by atoms with Crippen LogP contribution >= 0.6 is 0 Å². The molecule has 0 bridgehead atoms. The van der Waals surface area contributed by atoms with Crippen LogP contribution < -0.4 is 0 Å². The van der Waals surface area contributed by atoms with Gasteiger partial charge in [-0.05, 0) is 32.6 Å². The zero-order chi connectivity index (χ0) is 12.2. The molecule has 0 heterocycles. The normalized spacial score (nSPS) is 11.1. The first-order valence-corrected chi connectivity index (χ1v) is 5.72. The second-order valence-corrected chi connectivity index (χ2v) is 3.83. The highest BCUT2D eigenvalue weighted by molar-refractivity contribution is 5.65. The Morgan fingerprint density at radius 3 is 2.38 bits per heavy atom. The summed E-state index contributed by atoms with van der Waals surface area (Å²) < 4.78 is 4.81. The van der Waals surface area contributed by atoms with Gasteiger partial charge in [-0.25, -0.2) is 0 Å². The molecule has 0 saturated carbocycles. The molecular formula is C14H22O2. The number of rotatable bonds is 8. The van der Waals surface area contributed by atoms with Gasteiger partial charge in [0.05, 0.1) is 6.61 Å². The summed E-state index contributed by atoms with van der Waals surface area (Å²) in [5, 5.41) is 0. The molecule has 0 amide bonds. The summed E-state index contributed by atoms with van der Waals surface area (Å²) in [5.41, 5.74) is 1.22. The van der Waals surface area contributed by atoms with E-state index in [-0.39, 0.29) is 5.97 Å². The molecule has 0 spiro atoms. The fourth-order valence-corrected chi connectivity index (χ4v) is 1.10. The maximum absolute atomic E-state index is 10.4. The monoisotopic (exact) mass is 222 g/mol. The zero-order valence-corrected chi connectivity index (χ0v) is 10.4. The van der Waals surface area contributed by atoms with Gasteiger partial charge in [0.25, 0.3) is 0 Å². The van der Waals surface area contributed by atoms with Gasteiger partial charge in [0, 0.05) is 6.92 Å². The Morgan fingerprint density at radius 1 is 1.19 bits per heavy atom. The van der Waals surface area contributed by atoms with Crippen molar-refractivity contribution < 1.29 is 9.53 Å². The Bertz CT molecular complexity index is 262. The molecule has 0 N–H and O–H groups in total. The van der Waals surface area contributed by atoms with Crippen molar-refractivity contribution in [1.82, 2.24) is 0 Å². The molecule has 0 radical (unpaired) electrons. The van der Waals surface area contributed by atoms with Gasteiger partial charge in [0.15, 0.2) is 0 Å². The highest BCUT2D eigenvalue weighted by Crippen LogP contribution is 2.01. The molecule has 90 valence electrons. The van der Waals surface area contributed by atoms with E-state index < -0.39 is 0 Å². The van der Waals surface area contributed by atoms with Gasteiger partial charge in [0.1, 0.15) is 0 Å². The fraction of sp³-hybridized carbons (Fsp3) is 0.500. The number of allylic oxidation sites excluding steroid dienone is 5. The maximum atomic E-state index is 10.4. The van der Waals surface area contributed by atoms with Crippen LogP contribution in [0.5, 0.6) is 0 Å². The summed E-state index contributed by atoms with van der Waals surface area (Å²) in [5.74, 6) is -0.205. The molecule has 0 aromatic heterocycles. The van der Waals surface area contributed by atoms with Crippen molar-refractivity contribution in [1.29, 1.82) is 0 Å². The molecule has 2 nitrogen and oxygen atoms in total. The molecule has 0 atom stereocenters. The van der Waals surface area contributed by atoms with E-state index in [1.165, 1.54) is 12.5 Å². The lowest BCUT2D eigenvalue weighted by atomic mass is 10.2. The van der Waals surface area contributed by atoms with Crippen LogP contribution in [-0.2, 0) is 9.53 Å². The number of esters is 1. The molecule has 0 fully saturated rings. The molecule has 2 heteroatoms. The third kappa shape index (κ3) is 12.7. The summed E-state index contributed by atoms with van der Waals surface area (Å²) in [6.07, 6.45) is 12.2. The maximum Gasteiger partial charge on any atom is 0.302 e. The molecule has 0 rings (SSSR count). The number of ether oxygens (including phenoxy) is 1. The van der Waals surface area contributed by atoms with Crippen molar-refractivity contribution >= 4 is 5.97 Å². The van der Waals surface area contributed by atoms with Crippen molar-refractivity contribution in [3.63, 3.8) is 0 Å². The number of unbranched alkanes of at least 4 members (excludes halogenated alkanes) is 1. The van der Waals surface area contributed by atoms with E-state index in [0.717, 1.165) is 25.7 Å². The number of hydrogen-bond acceptors (Lipinski definition) is 2. The first-order chi connectivity index (χ1) is 7.63. The molecule has 0 saturated heterocycles. The van der Waals surface area contributed by atoms with Gasteiger partial charge in [-0.3, -0.25) is 4.79 Å². The first-order valence-electron chi connectivity index (χ1n) is 5.72. The van der Waals surface area contributed by atoms with Crippen LogP contribution in [0.15, 0.2) is 36.5 Å². The number of carbonyl (C=O) groups is 1. The third-order valence-electron chi connectivity index (χ3n) is 1.94. The SMILES string of the molecule is C=C(C)CCC=CC=CCCCOC(C)=O. The average Bonchev–Trinajstić information content (AvgIpc) is 2.20. The predicted octanol–water partition coefficient (Wildman–Crippen LogP) is 3.80. The average molecular weight is 222 g/mol. The second-order valence-electron chi connectivity index (χ2n) is 3.83. The molecule has 16 heavy (non-hydrogen) atoms. The predicted molar refractivity (Wildman–Crippen MR) is 68.2 cm³/mol. The van der Waals surface area contributed by atoms with Crippen LogP contribution in [0.4, 0.5) is 0 Å². The lowest BCUT2D eigenvalue weighted by molar-refractivity contribution is -0.141.